The monoisotopic (exact) mass is 581 g/mol. The fraction of sp³-hybridized carbons (Fsp3) is 0.552. The summed E-state index contributed by atoms with van der Waals surface area (Å²) in [5.41, 5.74) is -2.08. The highest BCUT2D eigenvalue weighted by molar-refractivity contribution is 6.31. The van der Waals surface area contributed by atoms with Crippen molar-refractivity contribution >= 4 is 34.9 Å². The van der Waals surface area contributed by atoms with Gasteiger partial charge in [-0.2, -0.15) is 13.2 Å². The number of ketones is 1. The Morgan fingerprint density at radius 1 is 1.12 bits per heavy atom. The number of carbonyl (C=O) groups excluding carboxylic acids is 3. The third kappa shape index (κ3) is 4.72. The number of nitrogens with one attached hydrogen (secondary N) is 2. The summed E-state index contributed by atoms with van der Waals surface area (Å²) in [6.45, 7) is 2.85. The van der Waals surface area contributed by atoms with E-state index >= 15 is 0 Å². The van der Waals surface area contributed by atoms with Crippen molar-refractivity contribution in [3.8, 4) is 0 Å². The van der Waals surface area contributed by atoms with Gasteiger partial charge in [0, 0.05) is 23.7 Å². The Bertz CT molecular complexity index is 1370. The number of alkyl halides is 3. The Kier molecular flexibility index (Phi) is 7.08. The summed E-state index contributed by atoms with van der Waals surface area (Å²) in [5.74, 6) is -2.90. The van der Waals surface area contributed by atoms with Crippen LogP contribution in [0.1, 0.15) is 80.0 Å². The molecule has 0 aliphatic heterocycles. The largest absolute Gasteiger partial charge is 0.394 e. The molecule has 4 saturated carbocycles. The molecule has 1 heterocycles. The van der Waals surface area contributed by atoms with E-state index in [4.69, 9.17) is 11.6 Å². The van der Waals surface area contributed by atoms with Crippen LogP contribution < -0.4 is 10.6 Å². The fourth-order valence-electron chi connectivity index (χ4n) is 7.95. The highest BCUT2D eigenvalue weighted by Crippen LogP contribution is 2.69. The van der Waals surface area contributed by atoms with Gasteiger partial charge in [-0.15, -0.1) is 0 Å². The first kappa shape index (κ1) is 28.6. The first-order valence-corrected chi connectivity index (χ1v) is 13.8. The van der Waals surface area contributed by atoms with Gasteiger partial charge in [-0.1, -0.05) is 18.5 Å². The van der Waals surface area contributed by atoms with Gasteiger partial charge in [0.05, 0.1) is 23.1 Å². The van der Waals surface area contributed by atoms with Gasteiger partial charge in [0.25, 0.3) is 5.91 Å². The van der Waals surface area contributed by atoms with E-state index in [1.54, 1.807) is 6.92 Å². The molecule has 2 N–H and O–H groups in total. The third-order valence-electron chi connectivity index (χ3n) is 9.21. The van der Waals surface area contributed by atoms with Crippen LogP contribution in [-0.2, 0) is 16.1 Å². The molecule has 3 atom stereocenters. The lowest BCUT2D eigenvalue weighted by Crippen LogP contribution is -2.60. The smallest absolute Gasteiger partial charge is 0.354 e. The highest BCUT2D eigenvalue weighted by Gasteiger charge is 2.69. The molecule has 4 bridgehead atoms. The lowest BCUT2D eigenvalue weighted by Gasteiger charge is -2.61. The van der Waals surface area contributed by atoms with E-state index in [-0.39, 0.29) is 59.8 Å². The molecule has 0 saturated heterocycles. The predicted octanol–water partition coefficient (Wildman–Crippen LogP) is 6.47. The number of hydrogen-bond donors (Lipinski definition) is 2. The van der Waals surface area contributed by atoms with Gasteiger partial charge in [-0.25, -0.2) is 4.39 Å². The van der Waals surface area contributed by atoms with Crippen LogP contribution in [0.2, 0.25) is 5.02 Å². The minimum absolute atomic E-state index is 0.0538. The normalized spacial score (nSPS) is 27.9. The molecular weight excluding hydrogens is 550 g/mol. The minimum atomic E-state index is -4.40. The average Bonchev–Trinajstić information content (AvgIpc) is 3.19. The third-order valence-corrected chi connectivity index (χ3v) is 9.55. The summed E-state index contributed by atoms with van der Waals surface area (Å²) in [5, 5.41) is 5.65. The summed E-state index contributed by atoms with van der Waals surface area (Å²) in [6, 6.07) is 5.27. The first-order valence-electron chi connectivity index (χ1n) is 13.5. The van der Waals surface area contributed by atoms with Crippen molar-refractivity contribution in [2.24, 2.45) is 22.7 Å². The molecule has 4 aliphatic carbocycles. The molecule has 0 spiro atoms. The number of benzene rings is 1. The molecule has 2 aromatic rings. The van der Waals surface area contributed by atoms with Crippen molar-refractivity contribution in [1.29, 1.82) is 0 Å². The van der Waals surface area contributed by atoms with Crippen LogP contribution in [0.3, 0.4) is 0 Å². The number of carbonyl (C=O) groups is 3. The molecule has 4 aliphatic rings. The van der Waals surface area contributed by atoms with Gasteiger partial charge >= 0.3 is 6.18 Å². The van der Waals surface area contributed by atoms with Gasteiger partial charge in [0.1, 0.15) is 17.3 Å². The average molecular weight is 582 g/mol. The molecule has 40 heavy (non-hydrogen) atoms. The molecule has 1 aromatic heterocycles. The van der Waals surface area contributed by atoms with Crippen molar-refractivity contribution in [1.82, 2.24) is 9.88 Å². The molecule has 2 unspecified atom stereocenters. The van der Waals surface area contributed by atoms with E-state index in [9.17, 15) is 31.9 Å². The molecule has 6 rings (SSSR count). The molecular formula is C29H32ClF4N3O3. The van der Waals surface area contributed by atoms with Crippen molar-refractivity contribution in [2.45, 2.75) is 71.0 Å². The number of amides is 2. The SMILES string of the molecule is CNC(=O)c1cc(NC(=O)C23CC4CC(C2)CC(C(F)(F)F)(C4)C3)c([C@H](C)c2cc(F)ccc2Cl)n1CC(C)=O. The maximum absolute atomic E-state index is 14.3. The maximum atomic E-state index is 14.3. The van der Waals surface area contributed by atoms with E-state index in [1.165, 1.54) is 42.8 Å². The molecule has 0 radical (unpaired) electrons. The molecule has 1 aromatic carbocycles. The second kappa shape index (κ2) is 9.89. The van der Waals surface area contributed by atoms with Crippen LogP contribution in [-0.4, -0.2) is 35.4 Å². The lowest BCUT2D eigenvalue weighted by atomic mass is 9.43. The van der Waals surface area contributed by atoms with Crippen LogP contribution >= 0.6 is 11.6 Å². The molecule has 4 fully saturated rings. The maximum Gasteiger partial charge on any atom is 0.394 e. The number of hydrogen-bond acceptors (Lipinski definition) is 3. The second-order valence-corrected chi connectivity index (χ2v) is 12.5. The zero-order chi connectivity index (χ0) is 29.2. The van der Waals surface area contributed by atoms with Crippen LogP contribution in [0, 0.1) is 28.5 Å². The number of anilines is 1. The summed E-state index contributed by atoms with van der Waals surface area (Å²) >= 11 is 6.41. The van der Waals surface area contributed by atoms with Gasteiger partial charge < -0.3 is 15.2 Å². The number of nitrogens with zero attached hydrogens (tertiary/aromatic N) is 1. The van der Waals surface area contributed by atoms with Crippen LogP contribution in [0.15, 0.2) is 24.3 Å². The van der Waals surface area contributed by atoms with Crippen molar-refractivity contribution in [3.63, 3.8) is 0 Å². The minimum Gasteiger partial charge on any atom is -0.354 e. The molecule has 11 heteroatoms. The Labute approximate surface area is 234 Å². The van der Waals surface area contributed by atoms with E-state index in [1.807, 2.05) is 0 Å². The summed E-state index contributed by atoms with van der Waals surface area (Å²) in [4.78, 5) is 39.1. The van der Waals surface area contributed by atoms with Crippen molar-refractivity contribution < 1.29 is 31.9 Å². The Balaban J connectivity index is 1.60. The number of rotatable bonds is 7. The van der Waals surface area contributed by atoms with Gasteiger partial charge in [-0.05, 0) is 87.1 Å². The standard InChI is InChI=1S/C29H32ClF4N3O3/c1-15(38)13-37-23(25(39)35-3)8-22(24(37)16(2)20-7-19(31)4-5-21(20)30)36-26(40)27-9-17-6-18(10-27)12-28(11-17,14-27)29(32,33)34/h4-5,7-8,16-18H,6,9-14H2,1-3H3,(H,35,39)(H,36,40)/t16-,17?,18?,27?,28?/m1/s1. The molecule has 216 valence electrons. The first-order chi connectivity index (χ1) is 18.7. The zero-order valence-electron chi connectivity index (χ0n) is 22.6. The van der Waals surface area contributed by atoms with E-state index < -0.39 is 40.6 Å². The van der Waals surface area contributed by atoms with Crippen LogP contribution in [0.5, 0.6) is 0 Å². The van der Waals surface area contributed by atoms with Gasteiger partial charge in [0.15, 0.2) is 0 Å². The number of Topliss-reactive ketones (excluding diaryl/α,β-unsaturated/α-hetero) is 1. The van der Waals surface area contributed by atoms with Gasteiger partial charge in [-0.3, -0.25) is 14.4 Å². The second-order valence-electron chi connectivity index (χ2n) is 12.1. The van der Waals surface area contributed by atoms with E-state index in [0.29, 0.717) is 30.5 Å². The van der Waals surface area contributed by atoms with Crippen molar-refractivity contribution in [2.75, 3.05) is 12.4 Å². The van der Waals surface area contributed by atoms with Crippen molar-refractivity contribution in [3.05, 3.63) is 52.1 Å². The summed E-state index contributed by atoms with van der Waals surface area (Å²) < 4.78 is 58.7. The lowest BCUT2D eigenvalue weighted by molar-refractivity contribution is -0.283. The highest BCUT2D eigenvalue weighted by atomic mass is 35.5. The predicted molar refractivity (Wildman–Crippen MR) is 142 cm³/mol. The fourth-order valence-corrected chi connectivity index (χ4v) is 8.23. The summed E-state index contributed by atoms with van der Waals surface area (Å²) in [6.07, 6.45) is -3.10. The zero-order valence-corrected chi connectivity index (χ0v) is 23.3. The molecule has 2 amide bonds. The Morgan fingerprint density at radius 3 is 2.35 bits per heavy atom. The number of halogens is 5. The molecule has 6 nitrogen and oxygen atoms in total. The quantitative estimate of drug-likeness (QED) is 0.368. The van der Waals surface area contributed by atoms with Crippen LogP contribution in [0.4, 0.5) is 23.2 Å². The Hall–Kier alpha value is -2.88. The number of aromatic nitrogens is 1. The van der Waals surface area contributed by atoms with Crippen LogP contribution in [0.25, 0.3) is 0 Å². The van der Waals surface area contributed by atoms with Gasteiger partial charge in [0.2, 0.25) is 5.91 Å². The Morgan fingerprint density at radius 2 is 1.77 bits per heavy atom. The summed E-state index contributed by atoms with van der Waals surface area (Å²) in [7, 11) is 1.42. The van der Waals surface area contributed by atoms with E-state index in [0.717, 1.165) is 0 Å². The topological polar surface area (TPSA) is 80.2 Å². The van der Waals surface area contributed by atoms with E-state index in [2.05, 4.69) is 10.6 Å².